The van der Waals surface area contributed by atoms with Gasteiger partial charge in [-0.3, -0.25) is 4.79 Å². The second-order valence-electron chi connectivity index (χ2n) is 3.34. The van der Waals surface area contributed by atoms with E-state index in [4.69, 9.17) is 5.11 Å². The van der Waals surface area contributed by atoms with Crippen LogP contribution in [0.4, 0.5) is 0 Å². The molecule has 5 nitrogen and oxygen atoms in total. The molecule has 4 unspecified atom stereocenters. The predicted molar refractivity (Wildman–Crippen MR) is 37.8 cm³/mol. The number of likely N-dealkylation sites (tertiary alicyclic amines) is 1. The van der Waals surface area contributed by atoms with Gasteiger partial charge in [-0.2, -0.15) is 0 Å². The summed E-state index contributed by atoms with van der Waals surface area (Å²) >= 11 is 0. The van der Waals surface area contributed by atoms with Gasteiger partial charge >= 0.3 is 0 Å². The van der Waals surface area contributed by atoms with Crippen molar-refractivity contribution in [2.24, 2.45) is 5.92 Å². The van der Waals surface area contributed by atoms with Crippen molar-refractivity contribution in [3.8, 4) is 0 Å². The number of amides is 1. The number of hydrogen-bond donors (Lipinski definition) is 3. The van der Waals surface area contributed by atoms with Crippen LogP contribution in [0.1, 0.15) is 6.42 Å². The smallest absolute Gasteiger partial charge is 0.230 e. The van der Waals surface area contributed by atoms with Crippen molar-refractivity contribution < 1.29 is 20.1 Å². The lowest BCUT2D eigenvalue weighted by Crippen LogP contribution is -2.51. The number of carbonyl (C=O) groups is 1. The highest BCUT2D eigenvalue weighted by molar-refractivity contribution is 5.83. The molecular weight excluding hydrogens is 162 g/mol. The number of aliphatic hydroxyl groups excluding tert-OH is 3. The van der Waals surface area contributed by atoms with Crippen LogP contribution in [0.2, 0.25) is 0 Å². The minimum Gasteiger partial charge on any atom is -0.390 e. The third-order valence-corrected chi connectivity index (χ3v) is 2.80. The van der Waals surface area contributed by atoms with Crippen LogP contribution >= 0.6 is 0 Å². The molecule has 12 heavy (non-hydrogen) atoms. The van der Waals surface area contributed by atoms with Crippen LogP contribution in [0.25, 0.3) is 0 Å². The van der Waals surface area contributed by atoms with Gasteiger partial charge in [-0.25, -0.2) is 0 Å². The molecule has 0 aromatic heterocycles. The molecular formula is C7H11NO4. The fourth-order valence-electron chi connectivity index (χ4n) is 2.11. The molecule has 0 spiro atoms. The zero-order valence-electron chi connectivity index (χ0n) is 6.42. The summed E-state index contributed by atoms with van der Waals surface area (Å²) in [6.45, 7) is -0.371. The van der Waals surface area contributed by atoms with E-state index in [9.17, 15) is 15.0 Å². The number of nitrogens with zero attached hydrogens (tertiary/aromatic N) is 1. The molecule has 1 heterocycles. The summed E-state index contributed by atoms with van der Waals surface area (Å²) in [5.74, 6) is -0.752. The highest BCUT2D eigenvalue weighted by Crippen LogP contribution is 2.38. The summed E-state index contributed by atoms with van der Waals surface area (Å²) in [5, 5.41) is 27.4. The first-order valence-corrected chi connectivity index (χ1v) is 3.94. The van der Waals surface area contributed by atoms with E-state index in [0.29, 0.717) is 6.42 Å². The largest absolute Gasteiger partial charge is 0.390 e. The van der Waals surface area contributed by atoms with E-state index >= 15 is 0 Å². The van der Waals surface area contributed by atoms with Gasteiger partial charge in [-0.15, -0.1) is 0 Å². The summed E-state index contributed by atoms with van der Waals surface area (Å²) in [6.07, 6.45) is -1.37. The molecule has 4 atom stereocenters. The Morgan fingerprint density at radius 2 is 2.08 bits per heavy atom. The maximum Gasteiger partial charge on any atom is 0.230 e. The van der Waals surface area contributed by atoms with Gasteiger partial charge in [-0.05, 0) is 6.42 Å². The molecule has 2 bridgehead atoms. The first-order chi connectivity index (χ1) is 5.66. The Balaban J connectivity index is 2.23. The number of rotatable bonds is 1. The van der Waals surface area contributed by atoms with Crippen LogP contribution in [-0.2, 0) is 4.79 Å². The molecule has 68 valence electrons. The Morgan fingerprint density at radius 3 is 2.58 bits per heavy atom. The topological polar surface area (TPSA) is 81.0 Å². The summed E-state index contributed by atoms with van der Waals surface area (Å²) in [5.41, 5.74) is 0. The van der Waals surface area contributed by atoms with E-state index in [1.54, 1.807) is 0 Å². The molecule has 1 aliphatic heterocycles. The van der Waals surface area contributed by atoms with E-state index in [-0.39, 0.29) is 18.7 Å². The van der Waals surface area contributed by atoms with Crippen molar-refractivity contribution in [2.75, 3.05) is 6.73 Å². The SMILES string of the molecule is O=C1C2CC(C(O)C2O)N1CO. The molecule has 3 N–H and O–H groups in total. The molecule has 2 fully saturated rings. The molecule has 1 aliphatic carbocycles. The van der Waals surface area contributed by atoms with Crippen LogP contribution in [0, 0.1) is 5.92 Å². The second kappa shape index (κ2) is 2.42. The molecule has 0 radical (unpaired) electrons. The quantitative estimate of drug-likeness (QED) is 0.424. The Kier molecular flexibility index (Phi) is 1.61. The van der Waals surface area contributed by atoms with Gasteiger partial charge in [0, 0.05) is 0 Å². The average molecular weight is 173 g/mol. The van der Waals surface area contributed by atoms with Crippen molar-refractivity contribution in [1.29, 1.82) is 0 Å². The highest BCUT2D eigenvalue weighted by Gasteiger charge is 2.55. The summed E-state index contributed by atoms with van der Waals surface area (Å²) < 4.78 is 0. The zero-order valence-corrected chi connectivity index (χ0v) is 6.42. The average Bonchev–Trinajstić information content (AvgIpc) is 2.51. The first kappa shape index (κ1) is 7.97. The lowest BCUT2D eigenvalue weighted by molar-refractivity contribution is -0.150. The number of aliphatic hydroxyl groups is 3. The number of hydrogen-bond acceptors (Lipinski definition) is 4. The zero-order chi connectivity index (χ0) is 8.88. The highest BCUT2D eigenvalue weighted by atomic mass is 16.3. The molecule has 2 aliphatic rings. The third-order valence-electron chi connectivity index (χ3n) is 2.80. The van der Waals surface area contributed by atoms with Crippen LogP contribution in [0.15, 0.2) is 0 Å². The standard InChI is InChI=1S/C7H11NO4/c9-2-8-4-1-3(7(8)12)5(10)6(4)11/h3-6,9-11H,1-2H2. The Morgan fingerprint density at radius 1 is 1.42 bits per heavy atom. The molecule has 1 saturated carbocycles. The fourth-order valence-corrected chi connectivity index (χ4v) is 2.11. The van der Waals surface area contributed by atoms with Crippen molar-refractivity contribution in [2.45, 2.75) is 24.7 Å². The maximum atomic E-state index is 11.2. The molecule has 1 saturated heterocycles. The van der Waals surface area contributed by atoms with E-state index in [0.717, 1.165) is 0 Å². The minimum absolute atomic E-state index is 0.250. The Labute approximate surface area is 69.2 Å². The van der Waals surface area contributed by atoms with Gasteiger partial charge in [0.1, 0.15) is 12.8 Å². The number of carbonyl (C=O) groups excluding carboxylic acids is 1. The fraction of sp³-hybridized carbons (Fsp3) is 0.857. The van der Waals surface area contributed by atoms with Crippen LogP contribution < -0.4 is 0 Å². The third kappa shape index (κ3) is 0.757. The predicted octanol–water partition coefficient (Wildman–Crippen LogP) is -2.11. The first-order valence-electron chi connectivity index (χ1n) is 3.94. The van der Waals surface area contributed by atoms with Gasteiger partial charge in [0.2, 0.25) is 5.91 Å². The van der Waals surface area contributed by atoms with Gasteiger partial charge < -0.3 is 20.2 Å². The van der Waals surface area contributed by atoms with E-state index in [2.05, 4.69) is 0 Å². The molecule has 0 aromatic carbocycles. The number of piperidine rings is 1. The maximum absolute atomic E-state index is 11.2. The molecule has 1 amide bonds. The van der Waals surface area contributed by atoms with E-state index in [1.165, 1.54) is 4.90 Å². The lowest BCUT2D eigenvalue weighted by Gasteiger charge is -2.31. The van der Waals surface area contributed by atoms with E-state index < -0.39 is 18.1 Å². The normalized spacial score (nSPS) is 45.9. The van der Waals surface area contributed by atoms with Gasteiger partial charge in [-0.1, -0.05) is 0 Å². The van der Waals surface area contributed by atoms with Crippen LogP contribution in [0.5, 0.6) is 0 Å². The van der Waals surface area contributed by atoms with Gasteiger partial charge in [0.05, 0.1) is 18.1 Å². The second-order valence-corrected chi connectivity index (χ2v) is 3.34. The van der Waals surface area contributed by atoms with Crippen molar-refractivity contribution >= 4 is 5.91 Å². The molecule has 2 rings (SSSR count). The van der Waals surface area contributed by atoms with Crippen molar-refractivity contribution in [3.63, 3.8) is 0 Å². The summed E-state index contributed by atoms with van der Waals surface area (Å²) in [6, 6.07) is -0.387. The number of fused-ring (bicyclic) bond motifs is 2. The summed E-state index contributed by atoms with van der Waals surface area (Å²) in [4.78, 5) is 12.5. The van der Waals surface area contributed by atoms with Crippen LogP contribution in [-0.4, -0.2) is 51.1 Å². The summed E-state index contributed by atoms with van der Waals surface area (Å²) in [7, 11) is 0. The molecule has 0 aromatic rings. The minimum atomic E-state index is -0.940. The van der Waals surface area contributed by atoms with Gasteiger partial charge in [0.15, 0.2) is 0 Å². The monoisotopic (exact) mass is 173 g/mol. The molecule has 5 heteroatoms. The van der Waals surface area contributed by atoms with E-state index in [1.807, 2.05) is 0 Å². The van der Waals surface area contributed by atoms with Crippen molar-refractivity contribution in [1.82, 2.24) is 4.90 Å². The lowest BCUT2D eigenvalue weighted by atomic mass is 10.0. The Hall–Kier alpha value is -0.650. The van der Waals surface area contributed by atoms with Gasteiger partial charge in [0.25, 0.3) is 0 Å². The van der Waals surface area contributed by atoms with Crippen molar-refractivity contribution in [3.05, 3.63) is 0 Å². The Bertz CT molecular complexity index is 215. The van der Waals surface area contributed by atoms with Crippen LogP contribution in [0.3, 0.4) is 0 Å².